The van der Waals surface area contributed by atoms with Crippen LogP contribution in [0.1, 0.15) is 10.4 Å². The number of pyridine rings is 1. The van der Waals surface area contributed by atoms with Gasteiger partial charge in [0, 0.05) is 11.6 Å². The van der Waals surface area contributed by atoms with Gasteiger partial charge in [0.15, 0.2) is 5.76 Å². The standard InChI is InChI=1S/C14H8BrNO3/c15-10-3-1-2-8-6-12(19-13(8)10)11-5-4-9(7-16-11)14(17)18/h1-7H,(H,17,18). The number of carboxylic acid groups (broad SMARTS) is 1. The van der Waals surface area contributed by atoms with E-state index in [1.54, 1.807) is 6.07 Å². The summed E-state index contributed by atoms with van der Waals surface area (Å²) in [5.74, 6) is -0.384. The lowest BCUT2D eigenvalue weighted by atomic mass is 10.2. The van der Waals surface area contributed by atoms with E-state index in [1.807, 2.05) is 24.3 Å². The van der Waals surface area contributed by atoms with Crippen molar-refractivity contribution in [2.24, 2.45) is 0 Å². The first kappa shape index (κ1) is 11.9. The smallest absolute Gasteiger partial charge is 0.337 e. The highest BCUT2D eigenvalue weighted by molar-refractivity contribution is 9.10. The fraction of sp³-hybridized carbons (Fsp3) is 0. The molecule has 0 unspecified atom stereocenters. The number of halogens is 1. The van der Waals surface area contributed by atoms with Crippen LogP contribution in [0.25, 0.3) is 22.4 Å². The number of benzene rings is 1. The molecule has 0 fully saturated rings. The van der Waals surface area contributed by atoms with Crippen molar-refractivity contribution in [1.29, 1.82) is 0 Å². The van der Waals surface area contributed by atoms with Crippen LogP contribution in [-0.2, 0) is 0 Å². The Labute approximate surface area is 116 Å². The van der Waals surface area contributed by atoms with E-state index < -0.39 is 5.97 Å². The van der Waals surface area contributed by atoms with Gasteiger partial charge in [0.05, 0.1) is 10.0 Å². The van der Waals surface area contributed by atoms with Crippen LogP contribution in [0, 0.1) is 0 Å². The Hall–Kier alpha value is -2.14. The van der Waals surface area contributed by atoms with E-state index in [0.717, 1.165) is 15.4 Å². The van der Waals surface area contributed by atoms with Crippen LogP contribution in [0.4, 0.5) is 0 Å². The third kappa shape index (κ3) is 2.13. The summed E-state index contributed by atoms with van der Waals surface area (Å²) in [6.07, 6.45) is 1.32. The molecule has 2 heterocycles. The summed E-state index contributed by atoms with van der Waals surface area (Å²) in [6.45, 7) is 0. The van der Waals surface area contributed by atoms with E-state index >= 15 is 0 Å². The molecule has 2 aromatic heterocycles. The zero-order valence-electron chi connectivity index (χ0n) is 9.63. The minimum Gasteiger partial charge on any atom is -0.478 e. The third-order valence-corrected chi connectivity index (χ3v) is 3.38. The fourth-order valence-corrected chi connectivity index (χ4v) is 2.28. The predicted octanol–water partition coefficient (Wildman–Crippen LogP) is 3.96. The Morgan fingerprint density at radius 1 is 1.26 bits per heavy atom. The van der Waals surface area contributed by atoms with Crippen LogP contribution in [0.3, 0.4) is 0 Å². The number of para-hydroxylation sites is 1. The van der Waals surface area contributed by atoms with E-state index in [4.69, 9.17) is 9.52 Å². The molecule has 0 aliphatic carbocycles. The third-order valence-electron chi connectivity index (χ3n) is 2.76. The zero-order chi connectivity index (χ0) is 13.4. The number of hydrogen-bond acceptors (Lipinski definition) is 3. The number of fused-ring (bicyclic) bond motifs is 1. The Balaban J connectivity index is 2.09. The molecule has 94 valence electrons. The molecule has 5 heteroatoms. The lowest BCUT2D eigenvalue weighted by Crippen LogP contribution is -1.96. The first-order chi connectivity index (χ1) is 9.15. The second-order valence-corrected chi connectivity index (χ2v) is 4.86. The highest BCUT2D eigenvalue weighted by atomic mass is 79.9. The summed E-state index contributed by atoms with van der Waals surface area (Å²) in [7, 11) is 0. The van der Waals surface area contributed by atoms with E-state index in [1.165, 1.54) is 12.3 Å². The van der Waals surface area contributed by atoms with Gasteiger partial charge in [-0.05, 0) is 40.2 Å². The number of aromatic carboxylic acids is 1. The van der Waals surface area contributed by atoms with Gasteiger partial charge in [-0.3, -0.25) is 4.98 Å². The van der Waals surface area contributed by atoms with Crippen LogP contribution in [0.5, 0.6) is 0 Å². The summed E-state index contributed by atoms with van der Waals surface area (Å²) < 4.78 is 6.60. The topological polar surface area (TPSA) is 63.3 Å². The summed E-state index contributed by atoms with van der Waals surface area (Å²) >= 11 is 3.42. The molecule has 0 saturated carbocycles. The van der Waals surface area contributed by atoms with Gasteiger partial charge in [-0.2, -0.15) is 0 Å². The Bertz CT molecular complexity index is 762. The molecule has 0 atom stereocenters. The van der Waals surface area contributed by atoms with Crippen molar-refractivity contribution in [2.75, 3.05) is 0 Å². The van der Waals surface area contributed by atoms with E-state index in [2.05, 4.69) is 20.9 Å². The van der Waals surface area contributed by atoms with Gasteiger partial charge >= 0.3 is 5.97 Å². The molecule has 0 amide bonds. The molecule has 0 aliphatic heterocycles. The summed E-state index contributed by atoms with van der Waals surface area (Å²) in [6, 6.07) is 10.8. The molecule has 0 spiro atoms. The summed E-state index contributed by atoms with van der Waals surface area (Å²) in [5, 5.41) is 9.79. The largest absolute Gasteiger partial charge is 0.478 e. The highest BCUT2D eigenvalue weighted by Gasteiger charge is 2.10. The second kappa shape index (κ2) is 4.51. The monoisotopic (exact) mass is 317 g/mol. The molecule has 0 saturated heterocycles. The van der Waals surface area contributed by atoms with Gasteiger partial charge in [0.2, 0.25) is 0 Å². The van der Waals surface area contributed by atoms with Crippen LogP contribution in [0.15, 0.2) is 51.5 Å². The maximum absolute atomic E-state index is 10.8. The molecule has 19 heavy (non-hydrogen) atoms. The second-order valence-electron chi connectivity index (χ2n) is 4.01. The number of furan rings is 1. The lowest BCUT2D eigenvalue weighted by Gasteiger charge is -1.97. The number of nitrogens with zero attached hydrogens (tertiary/aromatic N) is 1. The van der Waals surface area contributed by atoms with Crippen LogP contribution >= 0.6 is 15.9 Å². The summed E-state index contributed by atoms with van der Waals surface area (Å²) in [5.41, 5.74) is 1.51. The minimum absolute atomic E-state index is 0.154. The maximum atomic E-state index is 10.8. The molecule has 1 N–H and O–H groups in total. The van der Waals surface area contributed by atoms with Gasteiger partial charge in [-0.25, -0.2) is 4.79 Å². The first-order valence-electron chi connectivity index (χ1n) is 5.53. The van der Waals surface area contributed by atoms with Gasteiger partial charge in [-0.1, -0.05) is 12.1 Å². The number of rotatable bonds is 2. The average Bonchev–Trinajstić information content (AvgIpc) is 2.84. The molecule has 3 aromatic rings. The van der Waals surface area contributed by atoms with Crippen LogP contribution < -0.4 is 0 Å². The molecule has 4 nitrogen and oxygen atoms in total. The first-order valence-corrected chi connectivity index (χ1v) is 6.32. The van der Waals surface area contributed by atoms with Crippen LogP contribution in [0.2, 0.25) is 0 Å². The van der Waals surface area contributed by atoms with Crippen molar-refractivity contribution < 1.29 is 14.3 Å². The molecule has 0 aliphatic rings. The van der Waals surface area contributed by atoms with Crippen molar-refractivity contribution >= 4 is 32.9 Å². The molecular weight excluding hydrogens is 310 g/mol. The molecule has 3 rings (SSSR count). The van der Waals surface area contributed by atoms with E-state index in [-0.39, 0.29) is 5.56 Å². The number of hydrogen-bond donors (Lipinski definition) is 1. The number of carboxylic acids is 1. The van der Waals surface area contributed by atoms with Crippen LogP contribution in [-0.4, -0.2) is 16.1 Å². The molecule has 0 bridgehead atoms. The van der Waals surface area contributed by atoms with Gasteiger partial charge in [0.25, 0.3) is 0 Å². The van der Waals surface area contributed by atoms with Crippen molar-refractivity contribution in [3.05, 3.63) is 52.6 Å². The maximum Gasteiger partial charge on any atom is 0.337 e. The normalized spacial score (nSPS) is 10.8. The number of aromatic nitrogens is 1. The Morgan fingerprint density at radius 3 is 2.74 bits per heavy atom. The zero-order valence-corrected chi connectivity index (χ0v) is 11.2. The van der Waals surface area contributed by atoms with Gasteiger partial charge < -0.3 is 9.52 Å². The minimum atomic E-state index is -0.994. The van der Waals surface area contributed by atoms with Crippen molar-refractivity contribution in [2.45, 2.75) is 0 Å². The van der Waals surface area contributed by atoms with Crippen molar-refractivity contribution in [3.8, 4) is 11.5 Å². The molecular formula is C14H8BrNO3. The van der Waals surface area contributed by atoms with Crippen molar-refractivity contribution in [1.82, 2.24) is 4.98 Å². The Morgan fingerprint density at radius 2 is 2.11 bits per heavy atom. The Kier molecular flexibility index (Phi) is 2.83. The van der Waals surface area contributed by atoms with E-state index in [0.29, 0.717) is 11.5 Å². The highest BCUT2D eigenvalue weighted by Crippen LogP contribution is 2.31. The van der Waals surface area contributed by atoms with Gasteiger partial charge in [0.1, 0.15) is 11.3 Å². The quantitative estimate of drug-likeness (QED) is 0.777. The lowest BCUT2D eigenvalue weighted by molar-refractivity contribution is 0.0696. The summed E-state index contributed by atoms with van der Waals surface area (Å²) in [4.78, 5) is 14.9. The van der Waals surface area contributed by atoms with E-state index in [9.17, 15) is 4.79 Å². The fourth-order valence-electron chi connectivity index (χ4n) is 1.82. The average molecular weight is 318 g/mol. The van der Waals surface area contributed by atoms with Gasteiger partial charge in [-0.15, -0.1) is 0 Å². The molecule has 0 radical (unpaired) electrons. The predicted molar refractivity (Wildman–Crippen MR) is 74.1 cm³/mol. The SMILES string of the molecule is O=C(O)c1ccc(-c2cc3cccc(Br)c3o2)nc1. The number of carbonyl (C=O) groups is 1. The molecule has 1 aromatic carbocycles. The van der Waals surface area contributed by atoms with Crippen molar-refractivity contribution in [3.63, 3.8) is 0 Å².